The van der Waals surface area contributed by atoms with E-state index in [9.17, 15) is 5.11 Å². The molecule has 0 radical (unpaired) electrons. The molecule has 246 valence electrons. The van der Waals surface area contributed by atoms with E-state index in [0.29, 0.717) is 5.76 Å². The summed E-state index contributed by atoms with van der Waals surface area (Å²) in [6.07, 6.45) is 10.7. The summed E-state index contributed by atoms with van der Waals surface area (Å²) >= 11 is 0. The van der Waals surface area contributed by atoms with Crippen LogP contribution in [0.5, 0.6) is 0 Å². The van der Waals surface area contributed by atoms with E-state index in [1.54, 1.807) is 0 Å². The lowest BCUT2D eigenvalue weighted by molar-refractivity contribution is 0.354. The summed E-state index contributed by atoms with van der Waals surface area (Å²) in [6, 6.07) is 46.3. The van der Waals surface area contributed by atoms with Crippen molar-refractivity contribution < 1.29 is 5.11 Å². The van der Waals surface area contributed by atoms with Crippen LogP contribution >= 0.6 is 0 Å². The molecule has 0 fully saturated rings. The smallest absolute Gasteiger partial charge is 0.116 e. The van der Waals surface area contributed by atoms with Gasteiger partial charge in [0.2, 0.25) is 0 Å². The fourth-order valence-electron chi connectivity index (χ4n) is 8.95. The molecule has 0 amide bonds. The number of hydrogen-bond acceptors (Lipinski definition) is 2. The van der Waals surface area contributed by atoms with E-state index in [-0.39, 0.29) is 12.0 Å². The minimum absolute atomic E-state index is 0.0456. The first kappa shape index (κ1) is 29.8. The molecule has 2 heterocycles. The number of anilines is 2. The fraction of sp³-hybridized carbons (Fsp3) is 0.125. The lowest BCUT2D eigenvalue weighted by Crippen LogP contribution is -2.34. The molecule has 2 atom stereocenters. The van der Waals surface area contributed by atoms with Crippen LogP contribution in [-0.4, -0.2) is 15.7 Å². The van der Waals surface area contributed by atoms with Gasteiger partial charge in [-0.1, -0.05) is 121 Å². The number of nitrogens with zero attached hydrogens (tertiary/aromatic N) is 2. The third-order valence-electron chi connectivity index (χ3n) is 11.5. The lowest BCUT2D eigenvalue weighted by Gasteiger charge is -2.33. The van der Waals surface area contributed by atoms with Gasteiger partial charge >= 0.3 is 0 Å². The van der Waals surface area contributed by atoms with Gasteiger partial charge in [0.1, 0.15) is 11.8 Å². The number of aromatic nitrogens is 1. The Morgan fingerprint density at radius 1 is 0.667 bits per heavy atom. The van der Waals surface area contributed by atoms with Crippen LogP contribution in [-0.2, 0) is 0 Å². The SMILES string of the molecule is CC1=C(C)C2c3ccc4c(c3N(c3ccc(C5=CC=CCC5)cc3)C2C(O)=C1)c1ccc2ccccc2c1n4-c1ccc(-c2ccccc2)cc1. The minimum atomic E-state index is -0.221. The molecule has 2 aliphatic carbocycles. The topological polar surface area (TPSA) is 28.4 Å². The number of aliphatic hydroxyl groups excluding tert-OH is 1. The van der Waals surface area contributed by atoms with E-state index < -0.39 is 0 Å². The first-order valence-electron chi connectivity index (χ1n) is 18.0. The number of benzene rings is 6. The van der Waals surface area contributed by atoms with E-state index in [1.807, 2.05) is 6.08 Å². The van der Waals surface area contributed by atoms with Gasteiger partial charge in [-0.2, -0.15) is 0 Å². The Kier molecular flexibility index (Phi) is 6.72. The number of fused-ring (bicyclic) bond motifs is 9. The Morgan fingerprint density at radius 2 is 1.39 bits per heavy atom. The van der Waals surface area contributed by atoms with E-state index in [1.165, 1.54) is 66.1 Å². The van der Waals surface area contributed by atoms with Gasteiger partial charge in [-0.05, 0) is 102 Å². The van der Waals surface area contributed by atoms with E-state index >= 15 is 0 Å². The molecule has 3 nitrogen and oxygen atoms in total. The Hall–Kier alpha value is -6.06. The van der Waals surface area contributed by atoms with Gasteiger partial charge in [0, 0.05) is 33.5 Å². The van der Waals surface area contributed by atoms with Crippen molar-refractivity contribution in [3.8, 4) is 16.8 Å². The molecule has 3 aliphatic rings. The molecular weight excluding hydrogens is 621 g/mol. The van der Waals surface area contributed by atoms with E-state index in [2.05, 4.69) is 169 Å². The molecule has 0 saturated carbocycles. The van der Waals surface area contributed by atoms with Crippen LogP contribution < -0.4 is 4.90 Å². The molecule has 6 aromatic carbocycles. The van der Waals surface area contributed by atoms with E-state index in [4.69, 9.17) is 0 Å². The monoisotopic (exact) mass is 658 g/mol. The molecule has 0 bridgehead atoms. The minimum Gasteiger partial charge on any atom is -0.510 e. The van der Waals surface area contributed by atoms with Crippen molar-refractivity contribution in [1.82, 2.24) is 4.57 Å². The maximum absolute atomic E-state index is 11.8. The van der Waals surface area contributed by atoms with Crippen LogP contribution in [0.4, 0.5) is 11.4 Å². The Bertz CT molecular complexity index is 2650. The average Bonchev–Trinajstić information content (AvgIpc) is 3.72. The van der Waals surface area contributed by atoms with Crippen molar-refractivity contribution in [3.05, 3.63) is 180 Å². The summed E-state index contributed by atoms with van der Waals surface area (Å²) in [5.74, 6) is 0.464. The second kappa shape index (κ2) is 11.5. The van der Waals surface area contributed by atoms with Crippen molar-refractivity contribution in [2.24, 2.45) is 0 Å². The first-order chi connectivity index (χ1) is 25.1. The molecule has 10 rings (SSSR count). The fourth-order valence-corrected chi connectivity index (χ4v) is 8.95. The molecular formula is C48H38N2O. The third kappa shape index (κ3) is 4.51. The predicted octanol–water partition coefficient (Wildman–Crippen LogP) is 12.7. The molecule has 0 saturated heterocycles. The van der Waals surface area contributed by atoms with Crippen LogP contribution in [0.15, 0.2) is 169 Å². The van der Waals surface area contributed by atoms with Crippen LogP contribution in [0.2, 0.25) is 0 Å². The second-order valence-electron chi connectivity index (χ2n) is 14.3. The van der Waals surface area contributed by atoms with Crippen LogP contribution in [0, 0.1) is 0 Å². The zero-order valence-electron chi connectivity index (χ0n) is 28.8. The van der Waals surface area contributed by atoms with Crippen molar-refractivity contribution in [3.63, 3.8) is 0 Å². The largest absolute Gasteiger partial charge is 0.510 e. The highest BCUT2D eigenvalue weighted by molar-refractivity contribution is 6.23. The molecule has 1 aliphatic heterocycles. The number of aliphatic hydroxyl groups is 1. The molecule has 7 aromatic rings. The van der Waals surface area contributed by atoms with Crippen LogP contribution in [0.1, 0.15) is 43.7 Å². The van der Waals surface area contributed by atoms with Gasteiger partial charge < -0.3 is 14.6 Å². The summed E-state index contributed by atoms with van der Waals surface area (Å²) in [5, 5.41) is 16.7. The van der Waals surface area contributed by atoms with Gasteiger partial charge in [-0.15, -0.1) is 0 Å². The summed E-state index contributed by atoms with van der Waals surface area (Å²) in [6.45, 7) is 4.37. The maximum Gasteiger partial charge on any atom is 0.116 e. The molecule has 2 unspecified atom stereocenters. The molecule has 3 heteroatoms. The molecule has 0 spiro atoms. The molecule has 1 aromatic heterocycles. The van der Waals surface area contributed by atoms with Crippen molar-refractivity contribution >= 4 is 49.5 Å². The van der Waals surface area contributed by atoms with Gasteiger partial charge in [0.15, 0.2) is 0 Å². The van der Waals surface area contributed by atoms with Crippen molar-refractivity contribution in [2.75, 3.05) is 4.90 Å². The van der Waals surface area contributed by atoms with Crippen LogP contribution in [0.25, 0.3) is 55.0 Å². The number of allylic oxidation sites excluding steroid dienone is 6. The number of rotatable bonds is 4. The predicted molar refractivity (Wildman–Crippen MR) is 214 cm³/mol. The van der Waals surface area contributed by atoms with Crippen molar-refractivity contribution in [2.45, 2.75) is 38.6 Å². The Balaban J connectivity index is 1.26. The van der Waals surface area contributed by atoms with E-state index in [0.717, 1.165) is 35.3 Å². The third-order valence-corrected chi connectivity index (χ3v) is 11.5. The zero-order chi connectivity index (χ0) is 34.2. The zero-order valence-corrected chi connectivity index (χ0v) is 28.8. The first-order valence-corrected chi connectivity index (χ1v) is 18.0. The van der Waals surface area contributed by atoms with Gasteiger partial charge in [-0.25, -0.2) is 0 Å². The standard InChI is InChI=1S/C48H38N2O/c1-30-29-43(51)48-44(31(30)2)40-27-28-42-45(47(40)50(48)38-24-19-35(20-25-38)33-13-7-4-8-14-33)41-26-21-36-15-9-10-16-39(36)46(41)49(42)37-22-17-34(18-23-37)32-11-5-3-6-12-32/h3-7,9-13,15-29,44,48,51H,8,14H2,1-2H3. The maximum atomic E-state index is 11.8. The quantitative estimate of drug-likeness (QED) is 0.204. The summed E-state index contributed by atoms with van der Waals surface area (Å²) in [5.41, 5.74) is 14.5. The van der Waals surface area contributed by atoms with Gasteiger partial charge in [-0.3, -0.25) is 0 Å². The highest BCUT2D eigenvalue weighted by Gasteiger charge is 2.46. The highest BCUT2D eigenvalue weighted by Crippen LogP contribution is 2.57. The Morgan fingerprint density at radius 3 is 2.18 bits per heavy atom. The Labute approximate surface area is 298 Å². The second-order valence-corrected chi connectivity index (χ2v) is 14.3. The van der Waals surface area contributed by atoms with Gasteiger partial charge in [0.05, 0.1) is 16.7 Å². The summed E-state index contributed by atoms with van der Waals surface area (Å²) in [4.78, 5) is 2.43. The summed E-state index contributed by atoms with van der Waals surface area (Å²) < 4.78 is 2.46. The average molecular weight is 659 g/mol. The highest BCUT2D eigenvalue weighted by atomic mass is 16.3. The normalized spacial score (nSPS) is 18.4. The molecule has 1 N–H and O–H groups in total. The molecule has 51 heavy (non-hydrogen) atoms. The van der Waals surface area contributed by atoms with Crippen LogP contribution in [0.3, 0.4) is 0 Å². The van der Waals surface area contributed by atoms with Crippen molar-refractivity contribution in [1.29, 1.82) is 0 Å². The lowest BCUT2D eigenvalue weighted by atomic mass is 9.81. The number of hydrogen-bond donors (Lipinski definition) is 1. The summed E-state index contributed by atoms with van der Waals surface area (Å²) in [7, 11) is 0. The van der Waals surface area contributed by atoms with Gasteiger partial charge in [0.25, 0.3) is 0 Å².